The van der Waals surface area contributed by atoms with Crippen LogP contribution >= 0.6 is 11.6 Å². The van der Waals surface area contributed by atoms with Crippen LogP contribution in [0.4, 0.5) is 0 Å². The molecule has 4 nitrogen and oxygen atoms in total. The van der Waals surface area contributed by atoms with Crippen LogP contribution < -0.4 is 5.56 Å². The Hall–Kier alpha value is -2.61. The third-order valence-electron chi connectivity index (χ3n) is 6.07. The minimum Gasteiger partial charge on any atom is -0.384 e. The molecule has 5 heteroatoms. The largest absolute Gasteiger partial charge is 0.384 e. The van der Waals surface area contributed by atoms with Crippen LogP contribution in [-0.2, 0) is 5.41 Å². The molecular formula is C23H19ClN2O2. The van der Waals surface area contributed by atoms with Gasteiger partial charge in [0, 0.05) is 5.56 Å². The Morgan fingerprint density at radius 2 is 2.00 bits per heavy atom. The van der Waals surface area contributed by atoms with E-state index in [9.17, 15) is 4.79 Å². The minimum absolute atomic E-state index is 0.176. The third-order valence-corrected chi connectivity index (χ3v) is 6.38. The Morgan fingerprint density at radius 3 is 2.79 bits per heavy atom. The molecule has 28 heavy (non-hydrogen) atoms. The molecule has 140 valence electrons. The fourth-order valence-corrected chi connectivity index (χ4v) is 5.15. The highest BCUT2D eigenvalue weighted by atomic mass is 35.5. The molecule has 2 heterocycles. The first kappa shape index (κ1) is 17.5. The van der Waals surface area contributed by atoms with E-state index in [4.69, 9.17) is 16.7 Å². The van der Waals surface area contributed by atoms with Gasteiger partial charge in [-0.25, -0.2) is 0 Å². The normalized spacial score (nSPS) is 16.5. The number of hydrogen-bond acceptors (Lipinski definition) is 3. The van der Waals surface area contributed by atoms with E-state index < -0.39 is 0 Å². The van der Waals surface area contributed by atoms with Crippen molar-refractivity contribution in [1.29, 1.82) is 0 Å². The number of hydrogen-bond donors (Lipinski definition) is 1. The zero-order valence-electron chi connectivity index (χ0n) is 15.3. The van der Waals surface area contributed by atoms with E-state index in [1.165, 1.54) is 12.0 Å². The summed E-state index contributed by atoms with van der Waals surface area (Å²) < 4.78 is 2.10. The Kier molecular flexibility index (Phi) is 4.04. The van der Waals surface area contributed by atoms with Crippen LogP contribution in [0.1, 0.15) is 49.1 Å². The standard InChI is InChI=1S/C23H19ClN2O2/c24-17-7-4-8-18-20(17)21(28)25-22-23(11-2-1-3-12-23)16-10-9-15(6-5-13-27)14-19(16)26(18)22/h4,7-10,14,27H,1-3,11-13H2. The number of aliphatic hydroxyl groups is 1. The molecule has 0 bridgehead atoms. The van der Waals surface area contributed by atoms with Crippen molar-refractivity contribution >= 4 is 22.5 Å². The van der Waals surface area contributed by atoms with Gasteiger partial charge in [0.05, 0.1) is 27.0 Å². The van der Waals surface area contributed by atoms with Crippen molar-refractivity contribution in [2.45, 2.75) is 37.5 Å². The summed E-state index contributed by atoms with van der Waals surface area (Å²) in [7, 11) is 0. The molecule has 5 rings (SSSR count). The van der Waals surface area contributed by atoms with Gasteiger partial charge in [0.15, 0.2) is 0 Å². The molecule has 1 spiro atoms. The molecule has 0 saturated heterocycles. The van der Waals surface area contributed by atoms with Gasteiger partial charge in [-0.2, -0.15) is 4.98 Å². The number of aliphatic hydroxyl groups excluding tert-OH is 1. The lowest BCUT2D eigenvalue weighted by molar-refractivity contribution is 0.339. The van der Waals surface area contributed by atoms with Crippen molar-refractivity contribution in [1.82, 2.24) is 9.55 Å². The van der Waals surface area contributed by atoms with Crippen molar-refractivity contribution in [3.05, 3.63) is 68.7 Å². The van der Waals surface area contributed by atoms with Gasteiger partial charge >= 0.3 is 0 Å². The second-order valence-electron chi connectivity index (χ2n) is 7.54. The van der Waals surface area contributed by atoms with Crippen molar-refractivity contribution in [2.75, 3.05) is 6.61 Å². The molecule has 0 radical (unpaired) electrons. The van der Waals surface area contributed by atoms with Gasteiger partial charge in [0.25, 0.3) is 5.56 Å². The highest BCUT2D eigenvalue weighted by Crippen LogP contribution is 2.51. The fraction of sp³-hybridized carbons (Fsp3) is 0.304. The van der Waals surface area contributed by atoms with Crippen LogP contribution in [0.25, 0.3) is 16.6 Å². The van der Waals surface area contributed by atoms with E-state index in [1.807, 2.05) is 24.3 Å². The molecule has 0 atom stereocenters. The maximum absolute atomic E-state index is 12.9. The Bertz CT molecular complexity index is 1230. The molecule has 2 aromatic carbocycles. The highest BCUT2D eigenvalue weighted by Gasteiger charge is 2.46. The zero-order valence-corrected chi connectivity index (χ0v) is 16.1. The van der Waals surface area contributed by atoms with Crippen LogP contribution in [0.3, 0.4) is 0 Å². The lowest BCUT2D eigenvalue weighted by Crippen LogP contribution is -2.32. The Labute approximate surface area is 167 Å². The first-order valence-electron chi connectivity index (χ1n) is 9.62. The van der Waals surface area contributed by atoms with Crippen LogP contribution in [0, 0.1) is 11.8 Å². The van der Waals surface area contributed by atoms with Crippen LogP contribution in [0.15, 0.2) is 41.2 Å². The average molecular weight is 391 g/mol. The van der Waals surface area contributed by atoms with Crippen molar-refractivity contribution in [3.63, 3.8) is 0 Å². The first-order valence-corrected chi connectivity index (χ1v) is 10.00. The minimum atomic E-state index is -0.259. The number of nitrogens with zero attached hydrogens (tertiary/aromatic N) is 2. The molecule has 3 aromatic rings. The molecule has 1 aromatic heterocycles. The summed E-state index contributed by atoms with van der Waals surface area (Å²) in [4.78, 5) is 17.5. The number of fused-ring (bicyclic) bond motifs is 7. The number of halogens is 1. The van der Waals surface area contributed by atoms with Crippen LogP contribution in [0.5, 0.6) is 0 Å². The lowest BCUT2D eigenvalue weighted by atomic mass is 9.70. The van der Waals surface area contributed by atoms with E-state index in [0.29, 0.717) is 10.4 Å². The lowest BCUT2D eigenvalue weighted by Gasteiger charge is -2.33. The first-order chi connectivity index (χ1) is 13.7. The molecule has 1 saturated carbocycles. The Morgan fingerprint density at radius 1 is 1.18 bits per heavy atom. The predicted molar refractivity (Wildman–Crippen MR) is 110 cm³/mol. The summed E-state index contributed by atoms with van der Waals surface area (Å²) in [5.41, 5.74) is 3.36. The SMILES string of the molecule is O=c1nc2n(c3cccc(Cl)c13)-c1cc(C#CCO)ccc1C21CCCCC1. The van der Waals surface area contributed by atoms with Crippen molar-refractivity contribution in [2.24, 2.45) is 0 Å². The summed E-state index contributed by atoms with van der Waals surface area (Å²) in [5, 5.41) is 9.92. The molecule has 1 aliphatic heterocycles. The molecule has 0 unspecified atom stereocenters. The molecule has 1 aliphatic carbocycles. The average Bonchev–Trinajstić information content (AvgIpc) is 2.96. The summed E-state index contributed by atoms with van der Waals surface area (Å²) in [6.45, 7) is -0.176. The van der Waals surface area contributed by atoms with E-state index in [0.717, 1.165) is 48.3 Å². The Balaban J connectivity index is 1.90. The van der Waals surface area contributed by atoms with Gasteiger partial charge in [-0.3, -0.25) is 9.36 Å². The van der Waals surface area contributed by atoms with Crippen LogP contribution in [-0.4, -0.2) is 21.3 Å². The van der Waals surface area contributed by atoms with Gasteiger partial charge in [-0.15, -0.1) is 0 Å². The second kappa shape index (κ2) is 6.48. The number of rotatable bonds is 0. The highest BCUT2D eigenvalue weighted by molar-refractivity contribution is 6.35. The molecular weight excluding hydrogens is 372 g/mol. The molecule has 1 fully saturated rings. The van der Waals surface area contributed by atoms with Gasteiger partial charge < -0.3 is 5.11 Å². The summed E-state index contributed by atoms with van der Waals surface area (Å²) in [6.07, 6.45) is 5.42. The maximum Gasteiger partial charge on any atom is 0.282 e. The molecule has 2 aliphatic rings. The second-order valence-corrected chi connectivity index (χ2v) is 7.95. The van der Waals surface area contributed by atoms with Gasteiger partial charge in [0.1, 0.15) is 12.4 Å². The van der Waals surface area contributed by atoms with E-state index >= 15 is 0 Å². The molecule has 0 amide bonds. The number of aromatic nitrogens is 2. The van der Waals surface area contributed by atoms with Gasteiger partial charge in [0.2, 0.25) is 0 Å². The van der Waals surface area contributed by atoms with Crippen LogP contribution in [0.2, 0.25) is 5.02 Å². The zero-order chi connectivity index (χ0) is 19.3. The van der Waals surface area contributed by atoms with E-state index in [2.05, 4.69) is 27.5 Å². The van der Waals surface area contributed by atoms with Crippen molar-refractivity contribution in [3.8, 4) is 17.5 Å². The quantitative estimate of drug-likeness (QED) is 0.591. The topological polar surface area (TPSA) is 55.1 Å². The number of benzene rings is 2. The van der Waals surface area contributed by atoms with E-state index in [1.54, 1.807) is 6.07 Å². The third kappa shape index (κ3) is 2.37. The predicted octanol–water partition coefficient (Wildman–Crippen LogP) is 3.95. The summed E-state index contributed by atoms with van der Waals surface area (Å²) >= 11 is 6.36. The molecule has 1 N–H and O–H groups in total. The van der Waals surface area contributed by atoms with Gasteiger partial charge in [-0.1, -0.05) is 54.8 Å². The summed E-state index contributed by atoms with van der Waals surface area (Å²) in [6, 6.07) is 11.7. The smallest absolute Gasteiger partial charge is 0.282 e. The van der Waals surface area contributed by atoms with Gasteiger partial charge in [-0.05, 0) is 42.7 Å². The van der Waals surface area contributed by atoms with E-state index in [-0.39, 0.29) is 17.6 Å². The maximum atomic E-state index is 12.9. The summed E-state index contributed by atoms with van der Waals surface area (Å²) in [5.74, 6) is 6.54. The monoisotopic (exact) mass is 390 g/mol. The van der Waals surface area contributed by atoms with Crippen molar-refractivity contribution < 1.29 is 5.11 Å². The fourth-order valence-electron chi connectivity index (χ4n) is 4.90.